The van der Waals surface area contributed by atoms with E-state index in [1.807, 2.05) is 30.0 Å². The summed E-state index contributed by atoms with van der Waals surface area (Å²) in [6.07, 6.45) is 3.35. The van der Waals surface area contributed by atoms with Crippen LogP contribution in [0.5, 0.6) is 0 Å². The van der Waals surface area contributed by atoms with E-state index in [1.54, 1.807) is 12.4 Å². The number of aromatic nitrogens is 2. The van der Waals surface area contributed by atoms with E-state index in [2.05, 4.69) is 27.0 Å². The Morgan fingerprint density at radius 1 is 1.09 bits per heavy atom. The van der Waals surface area contributed by atoms with E-state index in [4.69, 9.17) is 0 Å². The van der Waals surface area contributed by atoms with Crippen LogP contribution in [0.4, 0.5) is 5.82 Å². The van der Waals surface area contributed by atoms with Crippen LogP contribution in [0.2, 0.25) is 0 Å². The Morgan fingerprint density at radius 2 is 1.87 bits per heavy atom. The number of amides is 1. The van der Waals surface area contributed by atoms with Crippen LogP contribution in [0.15, 0.2) is 42.7 Å². The van der Waals surface area contributed by atoms with Crippen molar-refractivity contribution >= 4 is 11.7 Å². The van der Waals surface area contributed by atoms with Crippen molar-refractivity contribution in [3.8, 4) is 0 Å². The maximum Gasteiger partial charge on any atom is 0.255 e. The van der Waals surface area contributed by atoms with Crippen molar-refractivity contribution in [2.45, 2.75) is 6.92 Å². The Bertz CT molecular complexity index is 704. The summed E-state index contributed by atoms with van der Waals surface area (Å²) in [6, 6.07) is 9.81. The molecule has 2 fully saturated rings. The second-order valence-electron chi connectivity index (χ2n) is 6.51. The van der Waals surface area contributed by atoms with Crippen LogP contribution in [-0.4, -0.2) is 47.0 Å². The Balaban J connectivity index is 1.43. The molecule has 118 valence electrons. The van der Waals surface area contributed by atoms with Gasteiger partial charge in [0.05, 0.1) is 5.56 Å². The normalized spacial score (nSPS) is 23.2. The first-order valence-electron chi connectivity index (χ1n) is 8.08. The zero-order valence-corrected chi connectivity index (χ0v) is 13.2. The summed E-state index contributed by atoms with van der Waals surface area (Å²) in [5.41, 5.74) is 1.73. The monoisotopic (exact) mass is 308 g/mol. The summed E-state index contributed by atoms with van der Waals surface area (Å²) >= 11 is 0. The summed E-state index contributed by atoms with van der Waals surface area (Å²) in [5, 5.41) is 0. The lowest BCUT2D eigenvalue weighted by atomic mass is 10.0. The molecule has 1 amide bonds. The highest BCUT2D eigenvalue weighted by Gasteiger charge is 2.42. The highest BCUT2D eigenvalue weighted by atomic mass is 16.2. The van der Waals surface area contributed by atoms with Gasteiger partial charge in [-0.25, -0.2) is 4.98 Å². The van der Waals surface area contributed by atoms with Crippen LogP contribution in [0.3, 0.4) is 0 Å². The molecule has 4 heterocycles. The predicted octanol–water partition coefficient (Wildman–Crippen LogP) is 1.99. The topological polar surface area (TPSA) is 49.3 Å². The molecule has 2 aliphatic heterocycles. The number of hydrogen-bond donors (Lipinski definition) is 0. The lowest BCUT2D eigenvalue weighted by Crippen LogP contribution is -2.33. The Hall–Kier alpha value is -2.43. The van der Waals surface area contributed by atoms with Gasteiger partial charge in [-0.2, -0.15) is 0 Å². The molecule has 4 rings (SSSR count). The van der Waals surface area contributed by atoms with Crippen LogP contribution in [0.25, 0.3) is 0 Å². The van der Waals surface area contributed by atoms with Gasteiger partial charge in [-0.3, -0.25) is 9.78 Å². The van der Waals surface area contributed by atoms with Gasteiger partial charge >= 0.3 is 0 Å². The highest BCUT2D eigenvalue weighted by Crippen LogP contribution is 2.33. The average Bonchev–Trinajstić information content (AvgIpc) is 3.14. The van der Waals surface area contributed by atoms with Crippen molar-refractivity contribution in [3.63, 3.8) is 0 Å². The molecule has 0 bridgehead atoms. The molecule has 0 saturated carbocycles. The van der Waals surface area contributed by atoms with Crippen molar-refractivity contribution in [2.24, 2.45) is 11.8 Å². The second-order valence-corrected chi connectivity index (χ2v) is 6.51. The molecule has 2 aromatic rings. The van der Waals surface area contributed by atoms with E-state index in [1.165, 1.54) is 0 Å². The van der Waals surface area contributed by atoms with Gasteiger partial charge in [0.1, 0.15) is 5.82 Å². The number of carbonyl (C=O) groups is 1. The number of carbonyl (C=O) groups excluding carboxylic acids is 1. The van der Waals surface area contributed by atoms with Crippen LogP contribution < -0.4 is 4.90 Å². The van der Waals surface area contributed by atoms with Gasteiger partial charge in [-0.15, -0.1) is 0 Å². The van der Waals surface area contributed by atoms with Gasteiger partial charge in [-0.05, 0) is 31.2 Å². The standard InChI is InChI=1S/C18H20N4O/c1-13-4-2-6-17(20-13)21-9-15-11-22(12-16(15)10-21)18(23)14-5-3-7-19-8-14/h2-8,15-16H,9-12H2,1H3/t15-,16+. The molecular formula is C18H20N4O. The largest absolute Gasteiger partial charge is 0.356 e. The van der Waals surface area contributed by atoms with Gasteiger partial charge < -0.3 is 9.80 Å². The molecule has 2 aliphatic rings. The number of pyridine rings is 2. The number of likely N-dealkylation sites (tertiary alicyclic amines) is 1. The second kappa shape index (κ2) is 5.65. The van der Waals surface area contributed by atoms with E-state index in [0.717, 1.165) is 37.7 Å². The van der Waals surface area contributed by atoms with Crippen LogP contribution in [-0.2, 0) is 0 Å². The third kappa shape index (κ3) is 2.67. The first-order chi connectivity index (χ1) is 11.2. The maximum absolute atomic E-state index is 12.5. The van der Waals surface area contributed by atoms with E-state index < -0.39 is 0 Å². The van der Waals surface area contributed by atoms with Crippen molar-refractivity contribution in [2.75, 3.05) is 31.1 Å². The van der Waals surface area contributed by atoms with E-state index in [0.29, 0.717) is 17.4 Å². The first-order valence-corrected chi connectivity index (χ1v) is 8.08. The molecule has 2 atom stereocenters. The Morgan fingerprint density at radius 3 is 2.52 bits per heavy atom. The SMILES string of the molecule is Cc1cccc(N2C[C@H]3CN(C(=O)c4cccnc4)C[C@H]3C2)n1. The highest BCUT2D eigenvalue weighted by molar-refractivity contribution is 5.94. The molecule has 5 heteroatoms. The van der Waals surface area contributed by atoms with Gasteiger partial charge in [0.15, 0.2) is 0 Å². The predicted molar refractivity (Wildman–Crippen MR) is 88.3 cm³/mol. The fourth-order valence-electron chi connectivity index (χ4n) is 3.72. The lowest BCUT2D eigenvalue weighted by Gasteiger charge is -2.22. The number of rotatable bonds is 2. The summed E-state index contributed by atoms with van der Waals surface area (Å²) in [5.74, 6) is 2.24. The van der Waals surface area contributed by atoms with Crippen molar-refractivity contribution < 1.29 is 4.79 Å². The van der Waals surface area contributed by atoms with Gasteiger partial charge in [0.25, 0.3) is 5.91 Å². The zero-order chi connectivity index (χ0) is 15.8. The number of fused-ring (bicyclic) bond motifs is 1. The Kier molecular flexibility index (Phi) is 3.48. The van der Waals surface area contributed by atoms with E-state index in [9.17, 15) is 4.79 Å². The number of anilines is 1. The average molecular weight is 308 g/mol. The van der Waals surface area contributed by atoms with Crippen molar-refractivity contribution in [1.29, 1.82) is 0 Å². The summed E-state index contributed by atoms with van der Waals surface area (Å²) in [4.78, 5) is 25.5. The van der Waals surface area contributed by atoms with Crippen molar-refractivity contribution in [3.05, 3.63) is 54.0 Å². The Labute approximate surface area is 136 Å². The smallest absolute Gasteiger partial charge is 0.255 e. The summed E-state index contributed by atoms with van der Waals surface area (Å²) in [7, 11) is 0. The molecule has 5 nitrogen and oxygen atoms in total. The minimum atomic E-state index is 0.104. The third-order valence-electron chi connectivity index (χ3n) is 4.88. The zero-order valence-electron chi connectivity index (χ0n) is 13.2. The van der Waals surface area contributed by atoms with Gasteiger partial charge in [0, 0.05) is 56.1 Å². The lowest BCUT2D eigenvalue weighted by molar-refractivity contribution is 0.0782. The fourth-order valence-corrected chi connectivity index (χ4v) is 3.72. The van der Waals surface area contributed by atoms with Crippen LogP contribution in [0, 0.1) is 18.8 Å². The molecule has 2 saturated heterocycles. The summed E-state index contributed by atoms with van der Waals surface area (Å²) < 4.78 is 0. The minimum Gasteiger partial charge on any atom is -0.356 e. The molecule has 2 aromatic heterocycles. The fraction of sp³-hybridized carbons (Fsp3) is 0.389. The molecule has 0 aromatic carbocycles. The molecule has 0 N–H and O–H groups in total. The molecule has 0 unspecified atom stereocenters. The van der Waals surface area contributed by atoms with Crippen LogP contribution >= 0.6 is 0 Å². The van der Waals surface area contributed by atoms with Crippen molar-refractivity contribution in [1.82, 2.24) is 14.9 Å². The van der Waals surface area contributed by atoms with E-state index >= 15 is 0 Å². The molecule has 23 heavy (non-hydrogen) atoms. The quantitative estimate of drug-likeness (QED) is 0.851. The maximum atomic E-state index is 12.5. The third-order valence-corrected chi connectivity index (χ3v) is 4.88. The van der Waals surface area contributed by atoms with Gasteiger partial charge in [-0.1, -0.05) is 6.07 Å². The molecule has 0 aliphatic carbocycles. The number of aryl methyl sites for hydroxylation is 1. The van der Waals surface area contributed by atoms with E-state index in [-0.39, 0.29) is 5.91 Å². The molecular weight excluding hydrogens is 288 g/mol. The van der Waals surface area contributed by atoms with Gasteiger partial charge in [0.2, 0.25) is 0 Å². The minimum absolute atomic E-state index is 0.104. The molecule has 0 radical (unpaired) electrons. The number of hydrogen-bond acceptors (Lipinski definition) is 4. The summed E-state index contributed by atoms with van der Waals surface area (Å²) in [6.45, 7) is 5.66. The molecule has 0 spiro atoms. The van der Waals surface area contributed by atoms with Crippen LogP contribution in [0.1, 0.15) is 16.1 Å². The number of nitrogens with zero attached hydrogens (tertiary/aromatic N) is 4. The first kappa shape index (κ1) is 14.2.